The second kappa shape index (κ2) is 13.0. The molecule has 0 radical (unpaired) electrons. The Labute approximate surface area is 359 Å². The third kappa shape index (κ3) is 5.19. The van der Waals surface area contributed by atoms with Gasteiger partial charge in [-0.1, -0.05) is 180 Å². The van der Waals surface area contributed by atoms with Crippen molar-refractivity contribution in [1.82, 2.24) is 0 Å². The van der Waals surface area contributed by atoms with Crippen LogP contribution in [0.2, 0.25) is 0 Å². The molecule has 1 nitrogen and oxygen atoms in total. The maximum absolute atomic E-state index is 2.72. The van der Waals surface area contributed by atoms with Crippen molar-refractivity contribution in [2.24, 2.45) is 0 Å². The van der Waals surface area contributed by atoms with Crippen molar-refractivity contribution in [3.63, 3.8) is 0 Å². The van der Waals surface area contributed by atoms with E-state index in [4.69, 9.17) is 0 Å². The van der Waals surface area contributed by atoms with Gasteiger partial charge >= 0.3 is 0 Å². The number of nitrogens with zero attached hydrogens (tertiary/aromatic N) is 1. The molecule has 1 aliphatic carbocycles. The lowest BCUT2D eigenvalue weighted by Crippen LogP contribution is -2.54. The number of anilines is 2. The van der Waals surface area contributed by atoms with Crippen LogP contribution in [0.15, 0.2) is 170 Å². The summed E-state index contributed by atoms with van der Waals surface area (Å²) in [4.78, 5) is 2.72. The molecule has 0 aromatic heterocycles. The van der Waals surface area contributed by atoms with Gasteiger partial charge < -0.3 is 4.90 Å². The number of rotatable bonds is 4. The van der Waals surface area contributed by atoms with Crippen LogP contribution < -0.4 is 4.90 Å². The highest BCUT2D eigenvalue weighted by Crippen LogP contribution is 2.61. The van der Waals surface area contributed by atoms with Gasteiger partial charge in [0.15, 0.2) is 0 Å². The van der Waals surface area contributed by atoms with Gasteiger partial charge in [-0.3, -0.25) is 0 Å². The molecular formula is C60H51N. The van der Waals surface area contributed by atoms with E-state index in [9.17, 15) is 0 Å². The predicted molar refractivity (Wildman–Crippen MR) is 263 cm³/mol. The zero-order valence-electron chi connectivity index (χ0n) is 35.9. The molecule has 1 fully saturated rings. The third-order valence-corrected chi connectivity index (χ3v) is 15.3. The quantitative estimate of drug-likeness (QED) is 0.161. The minimum absolute atomic E-state index is 0.00883. The normalized spacial score (nSPS) is 19.1. The van der Waals surface area contributed by atoms with Gasteiger partial charge in [-0.25, -0.2) is 0 Å². The third-order valence-electron chi connectivity index (χ3n) is 15.3. The summed E-state index contributed by atoms with van der Waals surface area (Å²) in [5, 5.41) is 13.0. The molecule has 10 aromatic carbocycles. The summed E-state index contributed by atoms with van der Waals surface area (Å²) >= 11 is 0. The maximum Gasteiger partial charge on any atom is 0.0517 e. The van der Waals surface area contributed by atoms with E-state index < -0.39 is 0 Å². The van der Waals surface area contributed by atoms with Crippen LogP contribution in [-0.4, -0.2) is 5.54 Å². The lowest BCUT2D eigenvalue weighted by molar-refractivity contribution is 0.195. The van der Waals surface area contributed by atoms with Gasteiger partial charge in [-0.05, 0) is 154 Å². The van der Waals surface area contributed by atoms with E-state index in [-0.39, 0.29) is 16.4 Å². The van der Waals surface area contributed by atoms with Crippen LogP contribution in [0, 0.1) is 0 Å². The molecule has 10 aromatic rings. The van der Waals surface area contributed by atoms with Crippen molar-refractivity contribution in [2.75, 3.05) is 4.90 Å². The SMILES string of the molecule is CC(C)(C)c1ccc(N2c3ccc(-c4cc(-c5cccc6ccccc56)c5ccc6ccc(-c7cccc8ccccc78)c7ccc4c5c67)cc3C3(C)CCCCC23C)cc1. The Morgan fingerprint density at radius 2 is 1.02 bits per heavy atom. The minimum Gasteiger partial charge on any atom is -0.334 e. The van der Waals surface area contributed by atoms with Crippen LogP contribution in [0.5, 0.6) is 0 Å². The molecule has 0 saturated heterocycles. The molecule has 12 rings (SSSR count). The van der Waals surface area contributed by atoms with Gasteiger partial charge in [-0.2, -0.15) is 0 Å². The first kappa shape index (κ1) is 36.4. The fourth-order valence-corrected chi connectivity index (χ4v) is 11.9. The zero-order valence-corrected chi connectivity index (χ0v) is 35.9. The highest BCUT2D eigenvalue weighted by molar-refractivity contribution is 6.31. The molecule has 0 amide bonds. The Bertz CT molecular complexity index is 3370. The van der Waals surface area contributed by atoms with E-state index in [0.717, 1.165) is 0 Å². The largest absolute Gasteiger partial charge is 0.334 e. The molecule has 1 saturated carbocycles. The van der Waals surface area contributed by atoms with E-state index in [1.54, 1.807) is 0 Å². The molecular weight excluding hydrogens is 735 g/mol. The van der Waals surface area contributed by atoms with E-state index in [2.05, 4.69) is 209 Å². The standard InChI is InChI=1S/C60H51N/c1-58(2,3)42-25-27-43(28-26-42)61-55-33-24-41(36-54(55)59(4)34-10-11-35-60(59,61)5)52-37-53(47-21-13-17-39-15-7-9-19-45(39)47)51-30-23-40-22-29-48(49-31-32-50(52)57(51)56(40)49)46-20-12-16-38-14-6-8-18-44(38)46/h6-9,12-33,36-37H,10-11,34-35H2,1-5H3. The highest BCUT2D eigenvalue weighted by Gasteiger charge is 2.57. The summed E-state index contributed by atoms with van der Waals surface area (Å²) in [5.74, 6) is 0. The van der Waals surface area contributed by atoms with Gasteiger partial charge in [-0.15, -0.1) is 0 Å². The minimum atomic E-state index is -0.0236. The van der Waals surface area contributed by atoms with Crippen molar-refractivity contribution in [3.05, 3.63) is 181 Å². The van der Waals surface area contributed by atoms with Crippen molar-refractivity contribution in [3.8, 4) is 33.4 Å². The van der Waals surface area contributed by atoms with E-state index in [1.807, 2.05) is 0 Å². The Morgan fingerprint density at radius 3 is 1.72 bits per heavy atom. The molecule has 2 aliphatic rings. The van der Waals surface area contributed by atoms with Crippen LogP contribution in [0.3, 0.4) is 0 Å². The summed E-state index contributed by atoms with van der Waals surface area (Å²) in [6.07, 6.45) is 4.88. The lowest BCUT2D eigenvalue weighted by atomic mass is 9.61. The van der Waals surface area contributed by atoms with E-state index >= 15 is 0 Å². The number of hydrogen-bond donors (Lipinski definition) is 0. The topological polar surface area (TPSA) is 3.24 Å². The monoisotopic (exact) mass is 785 g/mol. The number of fused-ring (bicyclic) bond motifs is 5. The first-order valence-corrected chi connectivity index (χ1v) is 22.4. The van der Waals surface area contributed by atoms with Crippen LogP contribution in [0.4, 0.5) is 11.4 Å². The summed E-state index contributed by atoms with van der Waals surface area (Å²) in [6, 6.07) is 65.0. The van der Waals surface area contributed by atoms with E-state index in [1.165, 1.54) is 135 Å². The van der Waals surface area contributed by atoms with Crippen molar-refractivity contribution in [2.45, 2.75) is 76.7 Å². The zero-order chi connectivity index (χ0) is 41.3. The molecule has 296 valence electrons. The lowest BCUT2D eigenvalue weighted by Gasteiger charge is -2.50. The van der Waals surface area contributed by atoms with Crippen LogP contribution in [0.1, 0.15) is 71.4 Å². The average molecular weight is 786 g/mol. The molecule has 1 heterocycles. The Hall–Kier alpha value is -6.44. The molecule has 2 unspecified atom stereocenters. The van der Waals surface area contributed by atoms with Gasteiger partial charge in [0.05, 0.1) is 5.54 Å². The van der Waals surface area contributed by atoms with Crippen LogP contribution in [0.25, 0.3) is 87.2 Å². The predicted octanol–water partition coefficient (Wildman–Crippen LogP) is 16.9. The van der Waals surface area contributed by atoms with E-state index in [0.29, 0.717) is 0 Å². The fourth-order valence-electron chi connectivity index (χ4n) is 11.9. The second-order valence-corrected chi connectivity index (χ2v) is 19.6. The van der Waals surface area contributed by atoms with Gasteiger partial charge in [0, 0.05) is 16.8 Å². The summed E-state index contributed by atoms with van der Waals surface area (Å²) in [7, 11) is 0. The summed E-state index contributed by atoms with van der Waals surface area (Å²) in [6.45, 7) is 12.0. The molecule has 0 spiro atoms. The highest BCUT2D eigenvalue weighted by atomic mass is 15.3. The van der Waals surface area contributed by atoms with Gasteiger partial charge in [0.1, 0.15) is 0 Å². The molecule has 2 atom stereocenters. The fraction of sp³-hybridized carbons (Fsp3) is 0.200. The smallest absolute Gasteiger partial charge is 0.0517 e. The Morgan fingerprint density at radius 1 is 0.443 bits per heavy atom. The van der Waals surface area contributed by atoms with Gasteiger partial charge in [0.2, 0.25) is 0 Å². The average Bonchev–Trinajstić information content (AvgIpc) is 3.49. The Kier molecular flexibility index (Phi) is 7.78. The maximum atomic E-state index is 2.72. The summed E-state index contributed by atoms with van der Waals surface area (Å²) in [5.41, 5.74) is 13.4. The van der Waals surface area contributed by atoms with Crippen molar-refractivity contribution in [1.29, 1.82) is 0 Å². The molecule has 1 aliphatic heterocycles. The molecule has 1 heteroatoms. The first-order valence-electron chi connectivity index (χ1n) is 22.4. The second-order valence-electron chi connectivity index (χ2n) is 19.6. The van der Waals surface area contributed by atoms with Crippen LogP contribution in [-0.2, 0) is 10.8 Å². The number of benzene rings is 10. The Balaban J connectivity index is 1.14. The van der Waals surface area contributed by atoms with Crippen LogP contribution >= 0.6 is 0 Å². The van der Waals surface area contributed by atoms with Gasteiger partial charge in [0.25, 0.3) is 0 Å². The number of hydrogen-bond acceptors (Lipinski definition) is 1. The van der Waals surface area contributed by atoms with Crippen molar-refractivity contribution < 1.29 is 0 Å². The van der Waals surface area contributed by atoms with Crippen molar-refractivity contribution >= 4 is 65.2 Å². The molecule has 61 heavy (non-hydrogen) atoms. The molecule has 0 bridgehead atoms. The molecule has 0 N–H and O–H groups in total. The first-order chi connectivity index (χ1) is 29.6. The summed E-state index contributed by atoms with van der Waals surface area (Å²) < 4.78 is 0.